The molecule has 9 heteroatoms. The number of amides is 3. The van der Waals surface area contributed by atoms with Crippen molar-refractivity contribution in [3.63, 3.8) is 0 Å². The fourth-order valence-corrected chi connectivity index (χ4v) is 2.22. The number of halogens is 1. The van der Waals surface area contributed by atoms with E-state index in [0.717, 1.165) is 6.07 Å². The van der Waals surface area contributed by atoms with Gasteiger partial charge in [-0.05, 0) is 39.0 Å². The third kappa shape index (κ3) is 4.82. The van der Waals surface area contributed by atoms with Crippen LogP contribution >= 0.6 is 0 Å². The van der Waals surface area contributed by atoms with Crippen LogP contribution < -0.4 is 16.0 Å². The molecule has 3 N–H and O–H groups in total. The first kappa shape index (κ1) is 18.5. The first-order chi connectivity index (χ1) is 11.6. The number of hydrogen-bond acceptors (Lipinski definition) is 5. The van der Waals surface area contributed by atoms with E-state index < -0.39 is 35.6 Å². The number of nitrogens with zero attached hydrogens (tertiary/aromatic N) is 1. The molecule has 0 spiro atoms. The van der Waals surface area contributed by atoms with Gasteiger partial charge in [-0.25, -0.2) is 14.0 Å². The SMILES string of the molecule is CC(C)(C)OC(=O)NC[C@H]1CN(c2ccc(C(N)=O)c(F)c2)C(=O)O1. The molecule has 3 amide bonds. The van der Waals surface area contributed by atoms with E-state index in [9.17, 15) is 18.8 Å². The molecule has 25 heavy (non-hydrogen) atoms. The second-order valence-electron chi connectivity index (χ2n) is 6.53. The zero-order valence-corrected chi connectivity index (χ0v) is 14.2. The van der Waals surface area contributed by atoms with Gasteiger partial charge in [-0.1, -0.05) is 0 Å². The Kier molecular flexibility index (Phi) is 5.15. The summed E-state index contributed by atoms with van der Waals surface area (Å²) in [6, 6.07) is 3.63. The van der Waals surface area contributed by atoms with E-state index in [1.807, 2.05) is 0 Å². The van der Waals surface area contributed by atoms with Crippen molar-refractivity contribution in [1.82, 2.24) is 5.32 Å². The lowest BCUT2D eigenvalue weighted by molar-refractivity contribution is 0.0496. The predicted molar refractivity (Wildman–Crippen MR) is 86.8 cm³/mol. The zero-order chi connectivity index (χ0) is 18.8. The Morgan fingerprint density at radius 1 is 1.44 bits per heavy atom. The van der Waals surface area contributed by atoms with Crippen molar-refractivity contribution in [2.24, 2.45) is 5.73 Å². The molecule has 1 aliphatic rings. The van der Waals surface area contributed by atoms with Crippen LogP contribution in [0.25, 0.3) is 0 Å². The molecule has 8 nitrogen and oxygen atoms in total. The van der Waals surface area contributed by atoms with Crippen LogP contribution in [0.4, 0.5) is 19.7 Å². The summed E-state index contributed by atoms with van der Waals surface area (Å²) in [6.07, 6.45) is -1.92. The third-order valence-electron chi connectivity index (χ3n) is 3.28. The van der Waals surface area contributed by atoms with Crippen molar-refractivity contribution >= 4 is 23.8 Å². The van der Waals surface area contributed by atoms with Crippen molar-refractivity contribution in [3.8, 4) is 0 Å². The van der Waals surface area contributed by atoms with Gasteiger partial charge < -0.3 is 20.5 Å². The quantitative estimate of drug-likeness (QED) is 0.857. The van der Waals surface area contributed by atoms with Crippen LogP contribution in [0.5, 0.6) is 0 Å². The average Bonchev–Trinajstić information content (AvgIpc) is 2.84. The Hall–Kier alpha value is -2.84. The number of cyclic esters (lactones) is 1. The number of rotatable bonds is 4. The Balaban J connectivity index is 1.97. The van der Waals surface area contributed by atoms with E-state index in [0.29, 0.717) is 0 Å². The van der Waals surface area contributed by atoms with Crippen LogP contribution in [-0.4, -0.2) is 42.9 Å². The van der Waals surface area contributed by atoms with Crippen molar-refractivity contribution in [2.45, 2.75) is 32.5 Å². The van der Waals surface area contributed by atoms with Gasteiger partial charge in [-0.15, -0.1) is 0 Å². The second-order valence-corrected chi connectivity index (χ2v) is 6.53. The third-order valence-corrected chi connectivity index (χ3v) is 3.28. The molecule has 1 aromatic carbocycles. The number of carbonyl (C=O) groups excluding carboxylic acids is 3. The molecule has 0 aromatic heterocycles. The molecule has 0 bridgehead atoms. The molecule has 136 valence electrons. The number of ether oxygens (including phenoxy) is 2. The lowest BCUT2D eigenvalue weighted by Gasteiger charge is -2.20. The van der Waals surface area contributed by atoms with Crippen molar-refractivity contribution in [2.75, 3.05) is 18.0 Å². The summed E-state index contributed by atoms with van der Waals surface area (Å²) in [5.41, 5.74) is 4.37. The number of alkyl carbamates (subject to hydrolysis) is 1. The minimum Gasteiger partial charge on any atom is -0.444 e. The van der Waals surface area contributed by atoms with Gasteiger partial charge in [-0.3, -0.25) is 9.69 Å². The molecule has 0 unspecified atom stereocenters. The van der Waals surface area contributed by atoms with E-state index >= 15 is 0 Å². The maximum Gasteiger partial charge on any atom is 0.414 e. The van der Waals surface area contributed by atoms with Crippen LogP contribution in [0.3, 0.4) is 0 Å². The molecule has 0 saturated carbocycles. The molecule has 1 saturated heterocycles. The molecule has 1 aliphatic heterocycles. The first-order valence-electron chi connectivity index (χ1n) is 7.61. The minimum atomic E-state index is -0.896. The van der Waals surface area contributed by atoms with Gasteiger partial charge in [0.1, 0.15) is 17.5 Å². The number of nitrogens with two attached hydrogens (primary N) is 1. The van der Waals surface area contributed by atoms with Gasteiger partial charge in [0, 0.05) is 0 Å². The Bertz CT molecular complexity index is 702. The summed E-state index contributed by atoms with van der Waals surface area (Å²) in [6.45, 7) is 5.36. The molecule has 1 fully saturated rings. The maximum absolute atomic E-state index is 13.8. The molecule has 1 heterocycles. The van der Waals surface area contributed by atoms with Crippen LogP contribution in [0, 0.1) is 5.82 Å². The summed E-state index contributed by atoms with van der Waals surface area (Å²) in [4.78, 5) is 35.8. The van der Waals surface area contributed by atoms with E-state index in [2.05, 4.69) is 5.32 Å². The fourth-order valence-electron chi connectivity index (χ4n) is 2.22. The Labute approximate surface area is 144 Å². The molecule has 1 aromatic rings. The fraction of sp³-hybridized carbons (Fsp3) is 0.438. The van der Waals surface area contributed by atoms with Crippen LogP contribution in [0.2, 0.25) is 0 Å². The normalized spacial score (nSPS) is 17.2. The van der Waals surface area contributed by atoms with Crippen LogP contribution in [0.15, 0.2) is 18.2 Å². The van der Waals surface area contributed by atoms with Crippen molar-refractivity contribution < 1.29 is 28.2 Å². The molecule has 0 aliphatic carbocycles. The molecular weight excluding hydrogens is 333 g/mol. The maximum atomic E-state index is 13.8. The van der Waals surface area contributed by atoms with Crippen molar-refractivity contribution in [3.05, 3.63) is 29.6 Å². The highest BCUT2D eigenvalue weighted by Gasteiger charge is 2.33. The second kappa shape index (κ2) is 6.96. The van der Waals surface area contributed by atoms with Gasteiger partial charge in [-0.2, -0.15) is 0 Å². The lowest BCUT2D eigenvalue weighted by Crippen LogP contribution is -2.38. The van der Waals surface area contributed by atoms with Crippen molar-refractivity contribution in [1.29, 1.82) is 0 Å². The molecule has 0 radical (unpaired) electrons. The van der Waals surface area contributed by atoms with E-state index in [1.54, 1.807) is 20.8 Å². The number of carbonyl (C=O) groups is 3. The topological polar surface area (TPSA) is 111 Å². The van der Waals surface area contributed by atoms with E-state index in [-0.39, 0.29) is 24.3 Å². The first-order valence-corrected chi connectivity index (χ1v) is 7.61. The summed E-state index contributed by atoms with van der Waals surface area (Å²) in [7, 11) is 0. The van der Waals surface area contributed by atoms with Gasteiger partial charge in [0.05, 0.1) is 24.3 Å². The highest BCUT2D eigenvalue weighted by Crippen LogP contribution is 2.23. The molecule has 1 atom stereocenters. The van der Waals surface area contributed by atoms with E-state index in [1.165, 1.54) is 17.0 Å². The van der Waals surface area contributed by atoms with Crippen LogP contribution in [-0.2, 0) is 9.47 Å². The summed E-state index contributed by atoms with van der Waals surface area (Å²) >= 11 is 0. The Morgan fingerprint density at radius 3 is 2.68 bits per heavy atom. The number of nitrogens with one attached hydrogen (secondary N) is 1. The lowest BCUT2D eigenvalue weighted by atomic mass is 10.1. The predicted octanol–water partition coefficient (Wildman–Crippen LogP) is 1.77. The summed E-state index contributed by atoms with van der Waals surface area (Å²) in [5, 5.41) is 2.51. The highest BCUT2D eigenvalue weighted by molar-refractivity contribution is 5.95. The zero-order valence-electron chi connectivity index (χ0n) is 14.2. The Morgan fingerprint density at radius 2 is 2.12 bits per heavy atom. The smallest absolute Gasteiger partial charge is 0.414 e. The number of primary amides is 1. The average molecular weight is 353 g/mol. The minimum absolute atomic E-state index is 0.0546. The van der Waals surface area contributed by atoms with Gasteiger partial charge in [0.15, 0.2) is 0 Å². The molecular formula is C16H20FN3O5. The van der Waals surface area contributed by atoms with Gasteiger partial charge in [0.2, 0.25) is 0 Å². The summed E-state index contributed by atoms with van der Waals surface area (Å²) in [5.74, 6) is -1.72. The van der Waals surface area contributed by atoms with Gasteiger partial charge in [0.25, 0.3) is 5.91 Å². The van der Waals surface area contributed by atoms with Gasteiger partial charge >= 0.3 is 12.2 Å². The number of hydrogen-bond donors (Lipinski definition) is 2. The standard InChI is InChI=1S/C16H20FN3O5/c1-16(2,3)25-14(22)19-7-10-8-20(15(23)24-10)9-4-5-11(13(18)21)12(17)6-9/h4-6,10H,7-8H2,1-3H3,(H2,18,21)(H,19,22)/t10-/m0/s1. The number of benzene rings is 1. The number of anilines is 1. The largest absolute Gasteiger partial charge is 0.444 e. The molecule has 2 rings (SSSR count). The summed E-state index contributed by atoms with van der Waals surface area (Å²) < 4.78 is 24.1. The monoisotopic (exact) mass is 353 g/mol. The van der Waals surface area contributed by atoms with E-state index in [4.69, 9.17) is 15.2 Å². The van der Waals surface area contributed by atoms with Crippen LogP contribution in [0.1, 0.15) is 31.1 Å². The highest BCUT2D eigenvalue weighted by atomic mass is 19.1.